The van der Waals surface area contributed by atoms with Crippen LogP contribution in [0, 0.1) is 0 Å². The van der Waals surface area contributed by atoms with Gasteiger partial charge in [-0.05, 0) is 43.2 Å². The maximum absolute atomic E-state index is 13.2. The second-order valence-corrected chi connectivity index (χ2v) is 21.7. The minimum Gasteiger partial charge on any atom is -0.413 e. The number of hydrogen-bond acceptors (Lipinski definition) is 6. The molecule has 0 amide bonds. The van der Waals surface area contributed by atoms with Crippen molar-refractivity contribution in [1.29, 1.82) is 0 Å². The van der Waals surface area contributed by atoms with Gasteiger partial charge in [-0.3, -0.25) is 10.1 Å². The normalized spacial score (nSPS) is 28.3. The third kappa shape index (κ3) is 5.70. The van der Waals surface area contributed by atoms with Crippen molar-refractivity contribution in [1.82, 2.24) is 10.2 Å². The standard InChI is InChI=1S/C23H46N2O4Si2/c1-18(26)23(16-27-30(8,9)21(2,3)4)19(29-31(10,11)22(5,6)7)15-20(28-23)25-14-12-13-24-17-25/h12,14,19-20,24H,13,15-17H2,1-11H3/t19-,20+,23-/m0/s1. The predicted molar refractivity (Wildman–Crippen MR) is 132 cm³/mol. The highest BCUT2D eigenvalue weighted by Crippen LogP contribution is 2.45. The molecule has 0 radical (unpaired) electrons. The molecule has 0 saturated carbocycles. The second-order valence-electron chi connectivity index (χ2n) is 12.2. The molecule has 3 atom stereocenters. The highest BCUT2D eigenvalue weighted by Gasteiger charge is 2.58. The SMILES string of the molecule is CC(=O)[C@]1(CO[Si](C)(C)C(C)(C)C)O[C@@H](N2C=CCNC2)C[C@@H]1O[Si](C)(C)C(C)(C)C. The first-order chi connectivity index (χ1) is 13.9. The molecule has 0 aromatic carbocycles. The van der Waals surface area contributed by atoms with E-state index in [0.29, 0.717) is 13.1 Å². The molecule has 0 aromatic rings. The smallest absolute Gasteiger partial charge is 0.192 e. The summed E-state index contributed by atoms with van der Waals surface area (Å²) in [5.41, 5.74) is -1.08. The van der Waals surface area contributed by atoms with E-state index in [1.165, 1.54) is 0 Å². The molecule has 6 nitrogen and oxygen atoms in total. The lowest BCUT2D eigenvalue weighted by Crippen LogP contribution is -2.58. The highest BCUT2D eigenvalue weighted by molar-refractivity contribution is 6.74. The number of nitrogens with one attached hydrogen (secondary N) is 1. The number of ether oxygens (including phenoxy) is 1. The fourth-order valence-electron chi connectivity index (χ4n) is 3.38. The zero-order chi connectivity index (χ0) is 23.9. The lowest BCUT2D eigenvalue weighted by molar-refractivity contribution is -0.163. The molecule has 8 heteroatoms. The molecular weight excluding hydrogens is 424 g/mol. The van der Waals surface area contributed by atoms with Crippen LogP contribution in [0.4, 0.5) is 0 Å². The van der Waals surface area contributed by atoms with E-state index < -0.39 is 22.2 Å². The van der Waals surface area contributed by atoms with Gasteiger partial charge in [0.15, 0.2) is 28.0 Å². The molecule has 31 heavy (non-hydrogen) atoms. The van der Waals surface area contributed by atoms with Crippen LogP contribution < -0.4 is 5.32 Å². The van der Waals surface area contributed by atoms with E-state index in [4.69, 9.17) is 13.6 Å². The van der Waals surface area contributed by atoms with Gasteiger partial charge >= 0.3 is 0 Å². The van der Waals surface area contributed by atoms with E-state index in [1.54, 1.807) is 6.92 Å². The van der Waals surface area contributed by atoms with Crippen LogP contribution in [0.3, 0.4) is 0 Å². The van der Waals surface area contributed by atoms with E-state index in [1.807, 2.05) is 0 Å². The highest BCUT2D eigenvalue weighted by atomic mass is 28.4. The minimum atomic E-state index is -2.12. The fraction of sp³-hybridized carbons (Fsp3) is 0.870. The Balaban J connectivity index is 2.39. The molecule has 180 valence electrons. The second kappa shape index (κ2) is 9.02. The molecule has 0 bridgehead atoms. The van der Waals surface area contributed by atoms with Crippen LogP contribution in [0.25, 0.3) is 0 Å². The molecule has 2 heterocycles. The summed E-state index contributed by atoms with van der Waals surface area (Å²) in [6, 6.07) is 0. The Kier molecular flexibility index (Phi) is 7.78. The van der Waals surface area contributed by atoms with Gasteiger partial charge in [0, 0.05) is 19.2 Å². The number of nitrogens with zero attached hydrogens (tertiary/aromatic N) is 1. The minimum absolute atomic E-state index is 0.00799. The Hall–Kier alpha value is -0.516. The largest absolute Gasteiger partial charge is 0.413 e. The summed E-state index contributed by atoms with van der Waals surface area (Å²) >= 11 is 0. The average Bonchev–Trinajstić information content (AvgIpc) is 2.98. The first-order valence-corrected chi connectivity index (χ1v) is 17.4. The summed E-state index contributed by atoms with van der Waals surface area (Å²) in [6.45, 7) is 25.7. The van der Waals surface area contributed by atoms with Gasteiger partial charge in [-0.1, -0.05) is 47.6 Å². The van der Waals surface area contributed by atoms with Crippen molar-refractivity contribution in [2.24, 2.45) is 0 Å². The van der Waals surface area contributed by atoms with Crippen molar-refractivity contribution in [3.8, 4) is 0 Å². The van der Waals surface area contributed by atoms with E-state index >= 15 is 0 Å². The molecule has 0 spiro atoms. The van der Waals surface area contributed by atoms with Crippen LogP contribution in [0.1, 0.15) is 54.9 Å². The van der Waals surface area contributed by atoms with Crippen LogP contribution >= 0.6 is 0 Å². The molecule has 2 aliphatic rings. The van der Waals surface area contributed by atoms with E-state index in [-0.39, 0.29) is 34.8 Å². The Bertz CT molecular complexity index is 682. The molecular formula is C23H46N2O4Si2. The van der Waals surface area contributed by atoms with Crippen LogP contribution in [0.2, 0.25) is 36.3 Å². The summed E-state index contributed by atoms with van der Waals surface area (Å²) in [5, 5.41) is 3.45. The quantitative estimate of drug-likeness (QED) is 0.537. The lowest BCUT2D eigenvalue weighted by Gasteiger charge is -2.44. The van der Waals surface area contributed by atoms with Crippen LogP contribution in [0.15, 0.2) is 12.3 Å². The van der Waals surface area contributed by atoms with Gasteiger partial charge in [0.2, 0.25) is 0 Å². The number of carbonyl (C=O) groups is 1. The maximum Gasteiger partial charge on any atom is 0.192 e. The molecule has 1 saturated heterocycles. The van der Waals surface area contributed by atoms with Gasteiger partial charge in [-0.2, -0.15) is 0 Å². The zero-order valence-corrected chi connectivity index (χ0v) is 23.7. The van der Waals surface area contributed by atoms with Crippen molar-refractivity contribution >= 4 is 22.4 Å². The third-order valence-corrected chi connectivity index (χ3v) is 16.8. The monoisotopic (exact) mass is 470 g/mol. The van der Waals surface area contributed by atoms with Crippen molar-refractivity contribution in [2.45, 2.75) is 109 Å². The van der Waals surface area contributed by atoms with Gasteiger partial charge in [0.25, 0.3) is 0 Å². The Morgan fingerprint density at radius 2 is 1.71 bits per heavy atom. The van der Waals surface area contributed by atoms with Gasteiger partial charge in [-0.15, -0.1) is 0 Å². The number of rotatable bonds is 7. The number of Topliss-reactive ketones (excluding diaryl/α,β-unsaturated/α-hetero) is 1. The summed E-state index contributed by atoms with van der Waals surface area (Å²) < 4.78 is 20.1. The Labute approximate surface area is 192 Å². The third-order valence-electron chi connectivity index (χ3n) is 7.80. The predicted octanol–water partition coefficient (Wildman–Crippen LogP) is 4.85. The zero-order valence-electron chi connectivity index (χ0n) is 21.7. The first kappa shape index (κ1) is 26.7. The van der Waals surface area contributed by atoms with Gasteiger partial charge in [0.1, 0.15) is 6.23 Å². The summed E-state index contributed by atoms with van der Waals surface area (Å²) in [5.74, 6) is -0.00799. The molecule has 2 rings (SSSR count). The van der Waals surface area contributed by atoms with Crippen LogP contribution in [-0.4, -0.2) is 65.1 Å². The van der Waals surface area contributed by atoms with E-state index in [2.05, 4.69) is 90.2 Å². The summed E-state index contributed by atoms with van der Waals surface area (Å²) in [7, 11) is -4.19. The number of hydrogen-bond donors (Lipinski definition) is 1. The first-order valence-electron chi connectivity index (χ1n) is 11.6. The van der Waals surface area contributed by atoms with Crippen molar-refractivity contribution in [3.63, 3.8) is 0 Å². The molecule has 1 fully saturated rings. The van der Waals surface area contributed by atoms with Crippen molar-refractivity contribution in [3.05, 3.63) is 12.3 Å². The molecule has 0 aliphatic carbocycles. The van der Waals surface area contributed by atoms with Crippen molar-refractivity contribution in [2.75, 3.05) is 19.8 Å². The topological polar surface area (TPSA) is 60.0 Å². The Morgan fingerprint density at radius 1 is 1.13 bits per heavy atom. The van der Waals surface area contributed by atoms with E-state index in [0.717, 1.165) is 6.54 Å². The molecule has 0 aromatic heterocycles. The van der Waals surface area contributed by atoms with E-state index in [9.17, 15) is 4.79 Å². The fourth-order valence-corrected chi connectivity index (χ4v) is 5.74. The Morgan fingerprint density at radius 3 is 2.16 bits per heavy atom. The maximum atomic E-state index is 13.2. The molecule has 0 unspecified atom stereocenters. The van der Waals surface area contributed by atoms with Crippen molar-refractivity contribution < 1.29 is 18.4 Å². The van der Waals surface area contributed by atoms with Gasteiger partial charge < -0.3 is 18.5 Å². The summed E-state index contributed by atoms with van der Waals surface area (Å²) in [4.78, 5) is 15.3. The van der Waals surface area contributed by atoms with Crippen LogP contribution in [0.5, 0.6) is 0 Å². The average molecular weight is 471 g/mol. The summed E-state index contributed by atoms with van der Waals surface area (Å²) in [6.07, 6.45) is 4.26. The number of ketones is 1. The van der Waals surface area contributed by atoms with Gasteiger partial charge in [0.05, 0.1) is 19.4 Å². The molecule has 1 N–H and O–H groups in total. The molecule has 2 aliphatic heterocycles. The lowest BCUT2D eigenvalue weighted by atomic mass is 9.93. The van der Waals surface area contributed by atoms with Gasteiger partial charge in [-0.25, -0.2) is 0 Å². The number of carbonyl (C=O) groups excluding carboxylic acids is 1. The van der Waals surface area contributed by atoms with Crippen LogP contribution in [-0.2, 0) is 18.4 Å².